The number of amides is 1. The van der Waals surface area contributed by atoms with Crippen molar-refractivity contribution >= 4 is 51.6 Å². The Balaban J connectivity index is 0.575. The SMILES string of the molecule is CN(C)c1ccc2c(-c3ccc(NC(=S)NCCOCCOCCOCCOCCOCCOCCOCCNC(=O)CCc4cccc(-c5ccc([C@@H]6C[C@H]6NC6CCC(N)CC6)cc5)c4)cc3C(=O)O)c3ccc(=[N+](C)C)cc-3oc2c1. The Hall–Kier alpha value is -6.36. The molecule has 0 unspecified atom stereocenters. The third-order valence-electron chi connectivity index (χ3n) is 15.1. The highest BCUT2D eigenvalue weighted by Crippen LogP contribution is 2.44. The number of nitrogens with one attached hydrogen (secondary N) is 4. The molecule has 452 valence electrons. The van der Waals surface area contributed by atoms with E-state index in [0.717, 1.165) is 46.0 Å². The summed E-state index contributed by atoms with van der Waals surface area (Å²) in [5.41, 5.74) is 15.4. The lowest BCUT2D eigenvalue weighted by atomic mass is 9.90. The van der Waals surface area contributed by atoms with Gasteiger partial charge in [-0.3, -0.25) is 4.79 Å². The van der Waals surface area contributed by atoms with Crippen LogP contribution in [0.15, 0.2) is 108 Å². The first kappa shape index (κ1) is 63.7. The van der Waals surface area contributed by atoms with Crippen molar-refractivity contribution in [2.75, 3.05) is 144 Å². The molecular formula is C65H86N7O11S+. The Labute approximate surface area is 499 Å². The van der Waals surface area contributed by atoms with Gasteiger partial charge in [-0.05, 0) is 109 Å². The number of rotatable bonds is 35. The first-order valence-corrected chi connectivity index (χ1v) is 29.9. The number of thiocarbonyl (C=S) groups is 1. The number of nitrogens with zero attached hydrogens (tertiary/aromatic N) is 2. The largest absolute Gasteiger partial charge is 0.478 e. The Bertz CT molecular complexity index is 3090. The molecule has 4 aromatic rings. The van der Waals surface area contributed by atoms with Crippen LogP contribution in [0.3, 0.4) is 0 Å². The van der Waals surface area contributed by atoms with E-state index in [1.807, 2.05) is 86.2 Å². The number of anilines is 2. The number of fused-ring (bicyclic) bond motifs is 2. The van der Waals surface area contributed by atoms with E-state index in [2.05, 4.69) is 69.8 Å². The summed E-state index contributed by atoms with van der Waals surface area (Å²) in [5.74, 6) is 0.197. The lowest BCUT2D eigenvalue weighted by Gasteiger charge is -2.27. The van der Waals surface area contributed by atoms with E-state index in [-0.39, 0.29) is 11.5 Å². The Kier molecular flexibility index (Phi) is 25.3. The van der Waals surface area contributed by atoms with Crippen LogP contribution in [-0.2, 0) is 44.4 Å². The molecule has 0 saturated heterocycles. The molecule has 84 heavy (non-hydrogen) atoms. The predicted octanol–water partition coefficient (Wildman–Crippen LogP) is 7.53. The van der Waals surface area contributed by atoms with Gasteiger partial charge < -0.3 is 74.6 Å². The van der Waals surface area contributed by atoms with Crippen LogP contribution in [0.25, 0.3) is 44.5 Å². The van der Waals surface area contributed by atoms with E-state index in [0.29, 0.717) is 170 Å². The van der Waals surface area contributed by atoms with Crippen LogP contribution in [0.1, 0.15) is 65.9 Å². The zero-order valence-electron chi connectivity index (χ0n) is 49.3. The molecule has 2 saturated carbocycles. The molecule has 18 nitrogen and oxygen atoms in total. The summed E-state index contributed by atoms with van der Waals surface area (Å²) in [5, 5.41) is 25.6. The maximum absolute atomic E-state index is 12.8. The summed E-state index contributed by atoms with van der Waals surface area (Å²) in [7, 11) is 7.86. The van der Waals surface area contributed by atoms with Gasteiger partial charge in [0.1, 0.15) is 25.4 Å². The number of carbonyl (C=O) groups is 2. The minimum absolute atomic E-state index is 0.0100. The molecule has 1 heterocycles. The maximum atomic E-state index is 12.8. The smallest absolute Gasteiger partial charge is 0.336 e. The number of hydrogen-bond acceptors (Lipinski definition) is 14. The second-order valence-electron chi connectivity index (χ2n) is 21.8. The van der Waals surface area contributed by atoms with Gasteiger partial charge in [-0.15, -0.1) is 0 Å². The third kappa shape index (κ3) is 19.9. The molecule has 1 amide bonds. The van der Waals surface area contributed by atoms with E-state index in [1.165, 1.54) is 36.0 Å². The van der Waals surface area contributed by atoms with Crippen molar-refractivity contribution in [2.45, 2.75) is 69.0 Å². The molecular weight excluding hydrogens is 1090 g/mol. The second-order valence-corrected chi connectivity index (χ2v) is 22.2. The number of ether oxygens (including phenoxy) is 7. The van der Waals surface area contributed by atoms with E-state index in [1.54, 1.807) is 6.07 Å². The van der Waals surface area contributed by atoms with E-state index < -0.39 is 5.97 Å². The maximum Gasteiger partial charge on any atom is 0.336 e. The fourth-order valence-corrected chi connectivity index (χ4v) is 10.6. The highest BCUT2D eigenvalue weighted by Gasteiger charge is 2.39. The van der Waals surface area contributed by atoms with Crippen molar-refractivity contribution < 1.29 is 52.3 Å². The molecule has 3 aliphatic carbocycles. The standard InChI is InChI=1S/C65H85N7O11S/c1-71(2)52-18-21-55-60(42-52)83-61-43-53(72(3)4)19-22-56(61)63(55)54-20-17-51(41-58(54)64(74)75)70-65(84)68-25-27-77-29-31-79-33-35-81-37-39-82-38-36-80-34-32-78-30-28-76-26-24-67-62(73)23-8-45-6-5-7-48(40-45)46-9-11-47(12-10-46)57-44-59(57)69-50-15-13-49(66)14-16-50/h5-7,9-12,17-22,40-43,49-50,57,59,69H,8,13-16,23-39,44,66H2,1-4H3,(H3,67,68,73,74,75,84)/p+1/t49?,50?,57-,59+/m0/s1. The fourth-order valence-electron chi connectivity index (χ4n) is 10.3. The molecule has 19 heteroatoms. The van der Waals surface area contributed by atoms with Gasteiger partial charge in [0.15, 0.2) is 5.11 Å². The summed E-state index contributed by atoms with van der Waals surface area (Å²) in [6.07, 6.45) is 6.95. The van der Waals surface area contributed by atoms with Gasteiger partial charge in [0.2, 0.25) is 11.3 Å². The van der Waals surface area contributed by atoms with Gasteiger partial charge in [-0.1, -0.05) is 54.6 Å². The highest BCUT2D eigenvalue weighted by molar-refractivity contribution is 7.80. The molecule has 4 aromatic carbocycles. The second kappa shape index (κ2) is 33.4. The van der Waals surface area contributed by atoms with Crippen molar-refractivity contribution in [3.05, 3.63) is 125 Å². The monoisotopic (exact) mass is 1170 g/mol. The molecule has 8 rings (SSSR count). The molecule has 0 spiro atoms. The molecule has 1 aliphatic heterocycles. The molecule has 7 N–H and O–H groups in total. The first-order chi connectivity index (χ1) is 40.9. The number of aromatic carboxylic acids is 1. The Morgan fingerprint density at radius 1 is 0.679 bits per heavy atom. The van der Waals surface area contributed by atoms with E-state index in [4.69, 9.17) is 55.5 Å². The van der Waals surface area contributed by atoms with Crippen LogP contribution in [0.4, 0.5) is 11.4 Å². The number of carboxylic acids is 1. The average molecular weight is 1170 g/mol. The van der Waals surface area contributed by atoms with E-state index >= 15 is 0 Å². The third-order valence-corrected chi connectivity index (χ3v) is 15.3. The minimum Gasteiger partial charge on any atom is -0.478 e. The normalized spacial score (nSPS) is 16.6. The molecule has 0 aromatic heterocycles. The average Bonchev–Trinajstić information content (AvgIpc) is 1.58. The summed E-state index contributed by atoms with van der Waals surface area (Å²) >= 11 is 5.52. The van der Waals surface area contributed by atoms with Crippen LogP contribution in [0, 0.1) is 0 Å². The van der Waals surface area contributed by atoms with Gasteiger partial charge >= 0.3 is 5.97 Å². The fraction of sp³-hybridized carbons (Fsp3) is 0.477. The summed E-state index contributed by atoms with van der Waals surface area (Å²) in [6.45, 7) is 7.01. The van der Waals surface area contributed by atoms with Crippen LogP contribution in [0.5, 0.6) is 0 Å². The van der Waals surface area contributed by atoms with Crippen molar-refractivity contribution in [3.63, 3.8) is 0 Å². The zero-order valence-corrected chi connectivity index (χ0v) is 50.1. The topological polar surface area (TPSA) is 213 Å². The molecule has 4 aliphatic rings. The van der Waals surface area contributed by atoms with Crippen molar-refractivity contribution in [2.24, 2.45) is 5.73 Å². The van der Waals surface area contributed by atoms with Crippen molar-refractivity contribution in [1.29, 1.82) is 0 Å². The van der Waals surface area contributed by atoms with Gasteiger partial charge in [-0.25, -0.2) is 9.37 Å². The summed E-state index contributed by atoms with van der Waals surface area (Å²) in [6, 6.07) is 36.2. The number of nitrogens with two attached hydrogens (primary N) is 1. The molecule has 0 bridgehead atoms. The minimum atomic E-state index is -1.06. The Morgan fingerprint density at radius 3 is 1.89 bits per heavy atom. The zero-order chi connectivity index (χ0) is 59.0. The van der Waals surface area contributed by atoms with Gasteiger partial charge in [0.25, 0.3) is 0 Å². The number of carbonyl (C=O) groups excluding carboxylic acids is 1. The van der Waals surface area contributed by atoms with E-state index in [9.17, 15) is 14.7 Å². The number of benzene rings is 5. The predicted molar refractivity (Wildman–Crippen MR) is 334 cm³/mol. The van der Waals surface area contributed by atoms with Crippen LogP contribution in [-0.4, -0.2) is 174 Å². The molecule has 2 fully saturated rings. The molecule has 2 atom stereocenters. The Morgan fingerprint density at radius 2 is 1.29 bits per heavy atom. The van der Waals surface area contributed by atoms with Crippen LogP contribution < -0.4 is 41.8 Å². The highest BCUT2D eigenvalue weighted by atomic mass is 32.1. The lowest BCUT2D eigenvalue weighted by Crippen LogP contribution is -2.38. The van der Waals surface area contributed by atoms with Gasteiger partial charge in [-0.2, -0.15) is 0 Å². The van der Waals surface area contributed by atoms with Crippen LogP contribution >= 0.6 is 12.2 Å². The quantitative estimate of drug-likeness (QED) is 0.00982. The van der Waals surface area contributed by atoms with Crippen LogP contribution in [0.2, 0.25) is 0 Å². The lowest BCUT2D eigenvalue weighted by molar-refractivity contribution is -0.121. The van der Waals surface area contributed by atoms with Gasteiger partial charge in [0, 0.05) is 97.7 Å². The van der Waals surface area contributed by atoms with Crippen molar-refractivity contribution in [3.8, 4) is 33.6 Å². The first-order valence-electron chi connectivity index (χ1n) is 29.5. The number of hydrogen-bond donors (Lipinski definition) is 6. The summed E-state index contributed by atoms with van der Waals surface area (Å²) < 4.78 is 47.7. The van der Waals surface area contributed by atoms with Gasteiger partial charge in [0.05, 0.1) is 104 Å². The van der Waals surface area contributed by atoms with Crippen molar-refractivity contribution in [1.82, 2.24) is 20.5 Å². The number of aryl methyl sites for hydroxylation is 1. The number of carboxylic acid groups (broad SMARTS) is 1. The molecule has 0 radical (unpaired) electrons. The summed E-state index contributed by atoms with van der Waals surface area (Å²) in [4.78, 5) is 27.3.